The molecule has 34 heavy (non-hydrogen) atoms. The summed E-state index contributed by atoms with van der Waals surface area (Å²) in [6.45, 7) is 1.93. The molecule has 8 nitrogen and oxygen atoms in total. The van der Waals surface area contributed by atoms with Gasteiger partial charge in [-0.05, 0) is 61.1 Å². The van der Waals surface area contributed by atoms with E-state index >= 15 is 0 Å². The van der Waals surface area contributed by atoms with Crippen LogP contribution in [0.25, 0.3) is 0 Å². The lowest BCUT2D eigenvalue weighted by atomic mass is 10.2. The summed E-state index contributed by atoms with van der Waals surface area (Å²) in [4.78, 5) is 24.0. The number of ether oxygens (including phenoxy) is 1. The maximum absolute atomic E-state index is 12.8. The quantitative estimate of drug-likeness (QED) is 0.145. The number of rotatable bonds is 9. The highest BCUT2D eigenvalue weighted by Gasteiger charge is 2.19. The highest BCUT2D eigenvalue weighted by atomic mass is 32.2. The maximum atomic E-state index is 12.8. The topological polar surface area (TPSA) is 106 Å². The monoisotopic (exact) mass is 496 g/mol. The van der Waals surface area contributed by atoms with Crippen molar-refractivity contribution in [2.24, 2.45) is 0 Å². The molecule has 10 heteroatoms. The first-order chi connectivity index (χ1) is 16.4. The number of nitrogens with zero attached hydrogens (tertiary/aromatic N) is 1. The van der Waals surface area contributed by atoms with Crippen LogP contribution in [-0.4, -0.2) is 28.3 Å². The molecule has 0 fully saturated rings. The molecule has 1 unspecified atom stereocenters. The molecule has 3 rings (SSSR count). The average molecular weight is 497 g/mol. The van der Waals surface area contributed by atoms with Crippen LogP contribution in [0.4, 0.5) is 22.7 Å². The number of thiocarbonyl (C=S) groups is 1. The van der Waals surface area contributed by atoms with Gasteiger partial charge >= 0.3 is 0 Å². The van der Waals surface area contributed by atoms with Crippen molar-refractivity contribution >= 4 is 57.7 Å². The Bertz CT molecular complexity index is 1170. The molecule has 0 saturated carbocycles. The number of benzene rings is 3. The summed E-state index contributed by atoms with van der Waals surface area (Å²) in [5, 5.41) is 20.0. The lowest BCUT2D eigenvalue weighted by molar-refractivity contribution is -0.384. The van der Waals surface area contributed by atoms with Crippen LogP contribution in [0.2, 0.25) is 0 Å². The molecule has 0 heterocycles. The molecule has 0 aliphatic carbocycles. The summed E-state index contributed by atoms with van der Waals surface area (Å²) in [6, 6.07) is 20.9. The highest BCUT2D eigenvalue weighted by molar-refractivity contribution is 8.00. The van der Waals surface area contributed by atoms with Crippen LogP contribution in [0, 0.1) is 10.1 Å². The van der Waals surface area contributed by atoms with Gasteiger partial charge in [-0.25, -0.2) is 0 Å². The van der Waals surface area contributed by atoms with Crippen molar-refractivity contribution in [3.63, 3.8) is 0 Å². The van der Waals surface area contributed by atoms with Gasteiger partial charge in [-0.1, -0.05) is 25.1 Å². The van der Waals surface area contributed by atoms with Crippen molar-refractivity contribution in [3.8, 4) is 5.75 Å². The number of para-hydroxylation sites is 2. The summed E-state index contributed by atoms with van der Waals surface area (Å²) >= 11 is 6.86. The fourth-order valence-electron chi connectivity index (χ4n) is 3.06. The van der Waals surface area contributed by atoms with Gasteiger partial charge in [0, 0.05) is 28.4 Å². The first-order valence-corrected chi connectivity index (χ1v) is 11.7. The van der Waals surface area contributed by atoms with Crippen LogP contribution in [0.1, 0.15) is 13.3 Å². The van der Waals surface area contributed by atoms with Gasteiger partial charge in [0.25, 0.3) is 5.69 Å². The predicted octanol–water partition coefficient (Wildman–Crippen LogP) is 5.92. The fraction of sp³-hybridized carbons (Fsp3) is 0.167. The Labute approximate surface area is 207 Å². The highest BCUT2D eigenvalue weighted by Crippen LogP contribution is 2.29. The largest absolute Gasteiger partial charge is 0.495 e. The SMILES string of the molecule is CCC(Sc1cccc(NC(=S)Nc2ccccc2OC)c1)C(=O)Nc1ccc([N+](=O)[O-])cc1. The summed E-state index contributed by atoms with van der Waals surface area (Å²) in [5.74, 6) is 0.508. The minimum absolute atomic E-state index is 0.0261. The molecular weight excluding hydrogens is 472 g/mol. The fourth-order valence-corrected chi connectivity index (χ4v) is 4.30. The second-order valence-electron chi connectivity index (χ2n) is 7.12. The van der Waals surface area contributed by atoms with Gasteiger partial charge in [-0.2, -0.15) is 0 Å². The zero-order valence-electron chi connectivity index (χ0n) is 18.6. The molecule has 0 spiro atoms. The first kappa shape index (κ1) is 25.0. The lowest BCUT2D eigenvalue weighted by Gasteiger charge is -2.16. The Morgan fingerprint density at radius 2 is 1.76 bits per heavy atom. The van der Waals surface area contributed by atoms with E-state index in [1.165, 1.54) is 36.0 Å². The first-order valence-electron chi connectivity index (χ1n) is 10.4. The van der Waals surface area contributed by atoms with E-state index in [1.54, 1.807) is 7.11 Å². The predicted molar refractivity (Wildman–Crippen MR) is 141 cm³/mol. The number of anilines is 3. The standard InChI is InChI=1S/C24H24N4O4S2/c1-3-22(23(29)25-16-11-13-18(14-12-16)28(30)31)34-19-8-6-7-17(15-19)26-24(33)27-20-9-4-5-10-21(20)32-2/h4-15,22H,3H2,1-2H3,(H,25,29)(H2,26,27,33). The number of non-ortho nitro benzene ring substituents is 1. The molecule has 3 aromatic carbocycles. The molecule has 176 valence electrons. The van der Waals surface area contributed by atoms with Crippen LogP contribution in [-0.2, 0) is 4.79 Å². The van der Waals surface area contributed by atoms with Crippen LogP contribution in [0.3, 0.4) is 0 Å². The number of nitro groups is 1. The Morgan fingerprint density at radius 1 is 1.03 bits per heavy atom. The van der Waals surface area contributed by atoms with E-state index in [2.05, 4.69) is 16.0 Å². The Kier molecular flexibility index (Phi) is 8.83. The van der Waals surface area contributed by atoms with Crippen molar-refractivity contribution in [1.29, 1.82) is 0 Å². The van der Waals surface area contributed by atoms with E-state index in [1.807, 2.05) is 55.5 Å². The summed E-state index contributed by atoms with van der Waals surface area (Å²) in [6.07, 6.45) is 0.606. The number of amides is 1. The van der Waals surface area contributed by atoms with Gasteiger partial charge < -0.3 is 20.7 Å². The molecule has 3 aromatic rings. The van der Waals surface area contributed by atoms with Gasteiger partial charge in [0.2, 0.25) is 5.91 Å². The van der Waals surface area contributed by atoms with Crippen LogP contribution >= 0.6 is 24.0 Å². The van der Waals surface area contributed by atoms with Crippen molar-refractivity contribution in [2.45, 2.75) is 23.5 Å². The van der Waals surface area contributed by atoms with Gasteiger partial charge in [0.05, 0.1) is 23.0 Å². The van der Waals surface area contributed by atoms with E-state index in [-0.39, 0.29) is 16.8 Å². The zero-order chi connectivity index (χ0) is 24.5. The van der Waals surface area contributed by atoms with Crippen molar-refractivity contribution in [2.75, 3.05) is 23.1 Å². The molecular formula is C24H24N4O4S2. The number of carbonyl (C=O) groups excluding carboxylic acids is 1. The molecule has 0 aromatic heterocycles. The van der Waals surface area contributed by atoms with Gasteiger partial charge in [0.15, 0.2) is 5.11 Å². The van der Waals surface area contributed by atoms with E-state index in [0.29, 0.717) is 23.0 Å². The van der Waals surface area contributed by atoms with E-state index in [9.17, 15) is 14.9 Å². The van der Waals surface area contributed by atoms with Crippen molar-refractivity contribution in [3.05, 3.63) is 82.9 Å². The number of methoxy groups -OCH3 is 1. The van der Waals surface area contributed by atoms with Gasteiger partial charge in [0.1, 0.15) is 5.75 Å². The second-order valence-corrected chi connectivity index (χ2v) is 8.80. The van der Waals surface area contributed by atoms with E-state index in [0.717, 1.165) is 16.3 Å². The molecule has 1 amide bonds. The number of nitro benzene ring substituents is 1. The third kappa shape index (κ3) is 6.93. The number of carbonyl (C=O) groups is 1. The molecule has 0 radical (unpaired) electrons. The number of nitrogens with one attached hydrogen (secondary N) is 3. The minimum Gasteiger partial charge on any atom is -0.495 e. The minimum atomic E-state index is -0.477. The maximum Gasteiger partial charge on any atom is 0.269 e. The lowest BCUT2D eigenvalue weighted by Crippen LogP contribution is -2.24. The summed E-state index contributed by atoms with van der Waals surface area (Å²) < 4.78 is 5.33. The third-order valence-corrected chi connectivity index (χ3v) is 6.30. The smallest absolute Gasteiger partial charge is 0.269 e. The molecule has 0 aliphatic rings. The zero-order valence-corrected chi connectivity index (χ0v) is 20.2. The normalized spacial score (nSPS) is 11.2. The average Bonchev–Trinajstić information content (AvgIpc) is 2.83. The van der Waals surface area contributed by atoms with Crippen molar-refractivity contribution in [1.82, 2.24) is 0 Å². The van der Waals surface area contributed by atoms with Gasteiger partial charge in [-0.15, -0.1) is 11.8 Å². The van der Waals surface area contributed by atoms with Gasteiger partial charge in [-0.3, -0.25) is 14.9 Å². The Hall–Kier alpha value is -3.63. The molecule has 1 atom stereocenters. The second kappa shape index (κ2) is 12.0. The number of hydrogen-bond acceptors (Lipinski definition) is 6. The molecule has 3 N–H and O–H groups in total. The Balaban J connectivity index is 1.61. The Morgan fingerprint density at radius 3 is 2.44 bits per heavy atom. The number of thioether (sulfide) groups is 1. The summed E-state index contributed by atoms with van der Waals surface area (Å²) in [7, 11) is 1.60. The molecule has 0 bridgehead atoms. The van der Waals surface area contributed by atoms with E-state index < -0.39 is 4.92 Å². The molecule has 0 saturated heterocycles. The molecule has 0 aliphatic heterocycles. The van der Waals surface area contributed by atoms with Crippen molar-refractivity contribution < 1.29 is 14.5 Å². The van der Waals surface area contributed by atoms with E-state index in [4.69, 9.17) is 17.0 Å². The van der Waals surface area contributed by atoms with Crippen LogP contribution in [0.5, 0.6) is 5.75 Å². The van der Waals surface area contributed by atoms with Crippen LogP contribution < -0.4 is 20.7 Å². The third-order valence-electron chi connectivity index (χ3n) is 4.73. The number of hydrogen-bond donors (Lipinski definition) is 3. The van der Waals surface area contributed by atoms with Crippen LogP contribution in [0.15, 0.2) is 77.7 Å². The summed E-state index contributed by atoms with van der Waals surface area (Å²) in [5.41, 5.74) is 2.02.